The number of nitrogens with zero attached hydrogens (tertiary/aromatic N) is 2. The molecule has 12 nitrogen and oxygen atoms in total. The van der Waals surface area contributed by atoms with Crippen LogP contribution in [0.4, 0.5) is 16.2 Å². The van der Waals surface area contributed by atoms with E-state index in [1.165, 1.54) is 6.07 Å². The van der Waals surface area contributed by atoms with Crippen LogP contribution in [0, 0.1) is 5.92 Å². The van der Waals surface area contributed by atoms with E-state index >= 15 is 0 Å². The van der Waals surface area contributed by atoms with Gasteiger partial charge in [-0.1, -0.05) is 6.92 Å². The lowest BCUT2D eigenvalue weighted by Gasteiger charge is -2.35. The van der Waals surface area contributed by atoms with Gasteiger partial charge in [-0.05, 0) is 75.6 Å². The van der Waals surface area contributed by atoms with Crippen molar-refractivity contribution in [2.45, 2.75) is 58.3 Å². The van der Waals surface area contributed by atoms with Crippen LogP contribution < -0.4 is 19.5 Å². The van der Waals surface area contributed by atoms with Gasteiger partial charge in [0.15, 0.2) is 0 Å². The Morgan fingerprint density at radius 3 is 2.48 bits per heavy atom. The van der Waals surface area contributed by atoms with Crippen molar-refractivity contribution in [1.29, 1.82) is 0 Å². The SMILES string of the molecule is COc1ccc(NC(=O)N(C)C[C@H]2OCCCC[C@@H](C)Oc3ccc(NS(C)(=O)=O)cc3C(=O)N([C@H](C)CO)C[C@@H]2C)cc1. The summed E-state index contributed by atoms with van der Waals surface area (Å²) in [5.41, 5.74) is 1.03. The van der Waals surface area contributed by atoms with E-state index in [0.717, 1.165) is 19.1 Å². The van der Waals surface area contributed by atoms with Gasteiger partial charge in [0.25, 0.3) is 5.91 Å². The molecule has 3 N–H and O–H groups in total. The number of hydrogen-bond acceptors (Lipinski definition) is 8. The van der Waals surface area contributed by atoms with E-state index in [0.29, 0.717) is 30.2 Å². The largest absolute Gasteiger partial charge is 0.497 e. The Hall–Kier alpha value is -3.55. The maximum atomic E-state index is 14.1. The van der Waals surface area contributed by atoms with E-state index in [-0.39, 0.29) is 49.0 Å². The van der Waals surface area contributed by atoms with Crippen molar-refractivity contribution in [2.75, 3.05) is 56.8 Å². The number of benzene rings is 2. The summed E-state index contributed by atoms with van der Waals surface area (Å²) in [7, 11) is -0.328. The second kappa shape index (κ2) is 16.0. The number of fused-ring (bicyclic) bond motifs is 1. The molecule has 0 saturated carbocycles. The zero-order valence-electron chi connectivity index (χ0n) is 26.4. The number of anilines is 2. The van der Waals surface area contributed by atoms with E-state index in [1.807, 2.05) is 13.8 Å². The third kappa shape index (κ3) is 10.3. The van der Waals surface area contributed by atoms with Gasteiger partial charge in [-0.2, -0.15) is 0 Å². The predicted octanol–water partition coefficient (Wildman–Crippen LogP) is 4.03. The second-order valence-corrected chi connectivity index (χ2v) is 13.2. The average Bonchev–Trinajstić information content (AvgIpc) is 2.98. The van der Waals surface area contributed by atoms with Crippen molar-refractivity contribution in [3.63, 3.8) is 0 Å². The van der Waals surface area contributed by atoms with Crippen LogP contribution in [-0.2, 0) is 14.8 Å². The minimum atomic E-state index is -3.59. The molecule has 0 aromatic heterocycles. The third-order valence-corrected chi connectivity index (χ3v) is 8.10. The summed E-state index contributed by atoms with van der Waals surface area (Å²) in [6.45, 7) is 6.24. The lowest BCUT2D eigenvalue weighted by Crippen LogP contribution is -2.48. The van der Waals surface area contributed by atoms with E-state index in [2.05, 4.69) is 10.0 Å². The lowest BCUT2D eigenvalue weighted by molar-refractivity contribution is -0.0115. The topological polar surface area (TPSA) is 147 Å². The zero-order chi connectivity index (χ0) is 32.4. The summed E-state index contributed by atoms with van der Waals surface area (Å²) in [6.07, 6.45) is 2.71. The van der Waals surface area contributed by atoms with E-state index in [9.17, 15) is 23.1 Å². The molecule has 1 aliphatic heterocycles. The monoisotopic (exact) mass is 634 g/mol. The van der Waals surface area contributed by atoms with Crippen LogP contribution in [0.1, 0.15) is 50.4 Å². The van der Waals surface area contributed by atoms with Crippen LogP contribution in [0.3, 0.4) is 0 Å². The van der Waals surface area contributed by atoms with Crippen molar-refractivity contribution in [2.24, 2.45) is 5.92 Å². The average molecular weight is 635 g/mol. The summed E-state index contributed by atoms with van der Waals surface area (Å²) < 4.78 is 43.9. The molecule has 13 heteroatoms. The highest BCUT2D eigenvalue weighted by molar-refractivity contribution is 7.92. The minimum Gasteiger partial charge on any atom is -0.497 e. The minimum absolute atomic E-state index is 0.184. The molecule has 3 rings (SSSR count). The molecular weight excluding hydrogens is 588 g/mol. The molecule has 2 aromatic rings. The first-order chi connectivity index (χ1) is 20.8. The number of methoxy groups -OCH3 is 1. The molecule has 44 heavy (non-hydrogen) atoms. The number of likely N-dealkylation sites (N-methyl/N-ethyl adjacent to an activating group) is 1. The standard InChI is InChI=1S/C31H46N4O8S/c1-21-18-35(22(2)20-36)30(37)27-17-25(33-44(6,39)40)12-15-28(27)43-23(3)9-7-8-16-42-29(21)19-34(4)31(38)32-24-10-13-26(41-5)14-11-24/h10-15,17,21-23,29,33,36H,7-9,16,18-20H2,1-6H3,(H,32,38)/t21-,22+,23+,29+/m0/s1. The van der Waals surface area contributed by atoms with Gasteiger partial charge >= 0.3 is 6.03 Å². The van der Waals surface area contributed by atoms with Crippen LogP contribution in [0.25, 0.3) is 0 Å². The van der Waals surface area contributed by atoms with Crippen LogP contribution in [0.2, 0.25) is 0 Å². The van der Waals surface area contributed by atoms with Crippen molar-refractivity contribution in [3.8, 4) is 11.5 Å². The summed E-state index contributed by atoms with van der Waals surface area (Å²) in [5.74, 6) is 0.358. The highest BCUT2D eigenvalue weighted by Crippen LogP contribution is 2.29. The number of urea groups is 1. The molecule has 3 amide bonds. The van der Waals surface area contributed by atoms with Crippen molar-refractivity contribution in [1.82, 2.24) is 9.80 Å². The summed E-state index contributed by atoms with van der Waals surface area (Å²) >= 11 is 0. The van der Waals surface area contributed by atoms with E-state index in [1.54, 1.807) is 67.3 Å². The Morgan fingerprint density at radius 1 is 1.16 bits per heavy atom. The number of carbonyl (C=O) groups excluding carboxylic acids is 2. The van der Waals surface area contributed by atoms with Gasteiger partial charge in [0.05, 0.1) is 43.8 Å². The number of aliphatic hydroxyl groups is 1. The highest BCUT2D eigenvalue weighted by atomic mass is 32.2. The Labute approximate surface area is 260 Å². The number of hydrogen-bond donors (Lipinski definition) is 3. The quantitative estimate of drug-likeness (QED) is 0.395. The number of carbonyl (C=O) groups is 2. The summed E-state index contributed by atoms with van der Waals surface area (Å²) in [5, 5.41) is 13.0. The van der Waals surface area contributed by atoms with Gasteiger partial charge in [0.1, 0.15) is 11.5 Å². The maximum absolute atomic E-state index is 14.1. The molecular formula is C31H46N4O8S. The van der Waals surface area contributed by atoms with Gasteiger partial charge in [0, 0.05) is 44.0 Å². The van der Waals surface area contributed by atoms with Gasteiger partial charge < -0.3 is 34.4 Å². The molecule has 0 unspecified atom stereocenters. The van der Waals surface area contributed by atoms with Gasteiger partial charge in [-0.25, -0.2) is 13.2 Å². The molecule has 244 valence electrons. The Balaban J connectivity index is 1.88. The number of rotatable bonds is 8. The highest BCUT2D eigenvalue weighted by Gasteiger charge is 2.31. The fourth-order valence-electron chi connectivity index (χ4n) is 4.91. The second-order valence-electron chi connectivity index (χ2n) is 11.4. The number of aliphatic hydroxyl groups excluding tert-OH is 1. The van der Waals surface area contributed by atoms with E-state index in [4.69, 9.17) is 14.2 Å². The maximum Gasteiger partial charge on any atom is 0.321 e. The summed E-state index contributed by atoms with van der Waals surface area (Å²) in [6, 6.07) is 10.8. The number of nitrogens with one attached hydrogen (secondary N) is 2. The third-order valence-electron chi connectivity index (χ3n) is 7.50. The Kier molecular flexibility index (Phi) is 12.7. The summed E-state index contributed by atoms with van der Waals surface area (Å²) in [4.78, 5) is 30.2. The first kappa shape index (κ1) is 34.9. The van der Waals surface area contributed by atoms with Gasteiger partial charge in [0.2, 0.25) is 10.0 Å². The van der Waals surface area contributed by atoms with Crippen molar-refractivity contribution < 1.29 is 37.3 Å². The first-order valence-electron chi connectivity index (χ1n) is 14.8. The fourth-order valence-corrected chi connectivity index (χ4v) is 5.46. The molecule has 0 saturated heterocycles. The Morgan fingerprint density at radius 2 is 1.84 bits per heavy atom. The molecule has 4 atom stereocenters. The van der Waals surface area contributed by atoms with Crippen LogP contribution in [0.5, 0.6) is 11.5 Å². The fraction of sp³-hybridized carbons (Fsp3) is 0.548. The Bertz CT molecular complexity index is 1350. The van der Waals surface area contributed by atoms with Crippen LogP contribution >= 0.6 is 0 Å². The van der Waals surface area contributed by atoms with Crippen LogP contribution in [0.15, 0.2) is 42.5 Å². The number of sulfonamides is 1. The predicted molar refractivity (Wildman–Crippen MR) is 170 cm³/mol. The number of amides is 3. The molecule has 0 fully saturated rings. The normalized spacial score (nSPS) is 20.8. The van der Waals surface area contributed by atoms with Gasteiger partial charge in [-0.3, -0.25) is 9.52 Å². The zero-order valence-corrected chi connectivity index (χ0v) is 27.2. The first-order valence-corrected chi connectivity index (χ1v) is 16.7. The molecule has 1 heterocycles. The van der Waals surface area contributed by atoms with Crippen molar-refractivity contribution >= 4 is 33.3 Å². The van der Waals surface area contributed by atoms with Crippen molar-refractivity contribution in [3.05, 3.63) is 48.0 Å². The van der Waals surface area contributed by atoms with E-state index < -0.39 is 28.1 Å². The smallest absolute Gasteiger partial charge is 0.321 e. The van der Waals surface area contributed by atoms with Gasteiger partial charge in [-0.15, -0.1) is 0 Å². The number of ether oxygens (including phenoxy) is 3. The lowest BCUT2D eigenvalue weighted by atomic mass is 10.0. The molecule has 0 radical (unpaired) electrons. The molecule has 2 aromatic carbocycles. The molecule has 0 spiro atoms. The van der Waals surface area contributed by atoms with Crippen LogP contribution in [-0.4, -0.2) is 100 Å². The molecule has 0 bridgehead atoms. The molecule has 1 aliphatic rings. The molecule has 0 aliphatic carbocycles.